The molecule has 0 aliphatic carbocycles. The van der Waals surface area contributed by atoms with Crippen LogP contribution in [0.3, 0.4) is 0 Å². The van der Waals surface area contributed by atoms with Crippen molar-refractivity contribution in [1.82, 2.24) is 23.4 Å². The minimum atomic E-state index is -4.35. The Balaban J connectivity index is 1.80. The van der Waals surface area contributed by atoms with Gasteiger partial charge in [0.2, 0.25) is 0 Å². The molecule has 4 rings (SSSR count). The molecule has 0 spiro atoms. The molecule has 0 amide bonds. The zero-order valence-corrected chi connectivity index (χ0v) is 18.5. The molecule has 1 aromatic carbocycles. The average molecular weight is 462 g/mol. The predicted molar refractivity (Wildman–Crippen MR) is 116 cm³/mol. The monoisotopic (exact) mass is 461 g/mol. The molecule has 0 bridgehead atoms. The third-order valence-electron chi connectivity index (χ3n) is 5.45. The van der Waals surface area contributed by atoms with Crippen LogP contribution in [0.15, 0.2) is 49.7 Å². The molecule has 0 radical (unpaired) electrons. The van der Waals surface area contributed by atoms with Gasteiger partial charge in [-0.2, -0.15) is 4.31 Å². The van der Waals surface area contributed by atoms with Crippen LogP contribution in [0.1, 0.15) is 18.7 Å². The number of para-hydroxylation sites is 1. The lowest BCUT2D eigenvalue weighted by Crippen LogP contribution is -2.44. The largest absolute Gasteiger partial charge is 0.377 e. The number of fused-ring (bicyclic) bond motifs is 1. The number of nitrogens with one attached hydrogen (secondary N) is 1. The number of benzene rings is 1. The molecule has 1 fully saturated rings. The first-order chi connectivity index (χ1) is 15.2. The number of H-pyrrole nitrogens is 1. The fourth-order valence-electron chi connectivity index (χ4n) is 3.73. The highest BCUT2D eigenvalue weighted by Gasteiger charge is 2.33. The SMILES string of the molecule is Cn1cc(S(=O)(=O)N(Cc2nc3ccccc3c(=O)[nH]2)CC2CCCO2)c(=O)n(C)c1=O. The van der Waals surface area contributed by atoms with Crippen LogP contribution >= 0.6 is 0 Å². The molecule has 0 saturated carbocycles. The van der Waals surface area contributed by atoms with Crippen LogP contribution < -0.4 is 16.8 Å². The van der Waals surface area contributed by atoms with Crippen molar-refractivity contribution in [2.24, 2.45) is 14.1 Å². The third-order valence-corrected chi connectivity index (χ3v) is 7.25. The lowest BCUT2D eigenvalue weighted by Gasteiger charge is -2.24. The number of hydrogen-bond acceptors (Lipinski definition) is 7. The van der Waals surface area contributed by atoms with Gasteiger partial charge in [-0.15, -0.1) is 0 Å². The molecule has 32 heavy (non-hydrogen) atoms. The van der Waals surface area contributed by atoms with Gasteiger partial charge in [-0.3, -0.25) is 14.2 Å². The van der Waals surface area contributed by atoms with Crippen molar-refractivity contribution < 1.29 is 13.2 Å². The van der Waals surface area contributed by atoms with Crippen LogP contribution in [0, 0.1) is 0 Å². The Morgan fingerprint density at radius 1 is 1.22 bits per heavy atom. The number of aryl methyl sites for hydroxylation is 1. The number of aromatic nitrogens is 4. The second-order valence-corrected chi connectivity index (χ2v) is 9.62. The molecule has 170 valence electrons. The van der Waals surface area contributed by atoms with E-state index in [1.165, 1.54) is 14.1 Å². The lowest BCUT2D eigenvalue weighted by molar-refractivity contribution is 0.0921. The van der Waals surface area contributed by atoms with E-state index in [1.807, 2.05) is 0 Å². The average Bonchev–Trinajstić information content (AvgIpc) is 3.27. The van der Waals surface area contributed by atoms with Gasteiger partial charge in [-0.25, -0.2) is 18.2 Å². The normalized spacial score (nSPS) is 16.8. The smallest absolute Gasteiger partial charge is 0.330 e. The van der Waals surface area contributed by atoms with Crippen molar-refractivity contribution >= 4 is 20.9 Å². The summed E-state index contributed by atoms with van der Waals surface area (Å²) in [4.78, 5) is 43.6. The number of ether oxygens (including phenoxy) is 1. The highest BCUT2D eigenvalue weighted by Crippen LogP contribution is 2.20. The minimum absolute atomic E-state index is 0.0230. The topological polar surface area (TPSA) is 136 Å². The van der Waals surface area contributed by atoms with E-state index < -0.39 is 31.7 Å². The Labute approximate surface area is 183 Å². The molecule has 2 aromatic heterocycles. The fraction of sp³-hybridized carbons (Fsp3) is 0.400. The van der Waals surface area contributed by atoms with Gasteiger partial charge in [-0.05, 0) is 25.0 Å². The maximum absolute atomic E-state index is 13.5. The molecule has 1 aliphatic rings. The van der Waals surface area contributed by atoms with E-state index in [9.17, 15) is 22.8 Å². The first-order valence-corrected chi connectivity index (χ1v) is 11.5. The summed E-state index contributed by atoms with van der Waals surface area (Å²) in [7, 11) is -1.76. The predicted octanol–water partition coefficient (Wildman–Crippen LogP) is -0.310. The Hall–Kier alpha value is -3.09. The van der Waals surface area contributed by atoms with E-state index >= 15 is 0 Å². The van der Waals surface area contributed by atoms with E-state index in [4.69, 9.17) is 4.74 Å². The van der Waals surface area contributed by atoms with Gasteiger partial charge < -0.3 is 14.3 Å². The minimum Gasteiger partial charge on any atom is -0.377 e. The highest BCUT2D eigenvalue weighted by molar-refractivity contribution is 7.89. The van der Waals surface area contributed by atoms with Gasteiger partial charge >= 0.3 is 5.69 Å². The van der Waals surface area contributed by atoms with Crippen molar-refractivity contribution in [2.75, 3.05) is 13.2 Å². The van der Waals surface area contributed by atoms with Crippen molar-refractivity contribution in [3.63, 3.8) is 0 Å². The van der Waals surface area contributed by atoms with Gasteiger partial charge in [-0.1, -0.05) is 12.1 Å². The van der Waals surface area contributed by atoms with Gasteiger partial charge in [0.05, 0.1) is 23.6 Å². The van der Waals surface area contributed by atoms with Gasteiger partial charge in [0, 0.05) is 33.4 Å². The number of hydrogen-bond donors (Lipinski definition) is 1. The fourth-order valence-corrected chi connectivity index (χ4v) is 5.31. The zero-order valence-electron chi connectivity index (χ0n) is 17.6. The van der Waals surface area contributed by atoms with Crippen molar-refractivity contribution in [1.29, 1.82) is 0 Å². The Kier molecular flexibility index (Phi) is 5.84. The summed E-state index contributed by atoms with van der Waals surface area (Å²) in [5, 5.41) is 0.386. The van der Waals surface area contributed by atoms with E-state index in [1.54, 1.807) is 24.3 Å². The molecular formula is C20H23N5O6S. The summed E-state index contributed by atoms with van der Waals surface area (Å²) < 4.78 is 35.5. The van der Waals surface area contributed by atoms with Crippen molar-refractivity contribution in [3.8, 4) is 0 Å². The molecular weight excluding hydrogens is 438 g/mol. The third kappa shape index (κ3) is 4.04. The molecule has 3 aromatic rings. The van der Waals surface area contributed by atoms with E-state index in [-0.39, 0.29) is 25.0 Å². The Morgan fingerprint density at radius 3 is 2.69 bits per heavy atom. The number of aromatic amines is 1. The Morgan fingerprint density at radius 2 is 1.97 bits per heavy atom. The summed E-state index contributed by atoms with van der Waals surface area (Å²) in [5.41, 5.74) is -1.53. The maximum Gasteiger partial charge on any atom is 0.330 e. The molecule has 11 nitrogen and oxygen atoms in total. The zero-order chi connectivity index (χ0) is 23.0. The molecule has 1 aliphatic heterocycles. The molecule has 12 heteroatoms. The maximum atomic E-state index is 13.5. The van der Waals surface area contributed by atoms with Crippen molar-refractivity contribution in [3.05, 3.63) is 67.5 Å². The van der Waals surface area contributed by atoms with Crippen LogP contribution in [0.4, 0.5) is 0 Å². The van der Waals surface area contributed by atoms with Crippen LogP contribution in [0.5, 0.6) is 0 Å². The van der Waals surface area contributed by atoms with E-state index in [0.29, 0.717) is 23.9 Å². The second kappa shape index (κ2) is 8.45. The summed E-state index contributed by atoms with van der Waals surface area (Å²) in [6.45, 7) is 0.227. The number of rotatable bonds is 6. The molecule has 1 unspecified atom stereocenters. The summed E-state index contributed by atoms with van der Waals surface area (Å²) in [5.74, 6) is 0.136. The van der Waals surface area contributed by atoms with Crippen LogP contribution in [0.25, 0.3) is 10.9 Å². The molecule has 1 saturated heterocycles. The molecule has 1 atom stereocenters. The Bertz CT molecular complexity index is 1450. The van der Waals surface area contributed by atoms with Crippen LogP contribution in [-0.4, -0.2) is 51.1 Å². The quantitative estimate of drug-likeness (QED) is 0.532. The standard InChI is InChI=1S/C20H23N5O6S/c1-23-11-16(19(27)24(2)20(23)28)32(29,30)25(10-13-6-5-9-31-13)12-17-21-15-8-4-3-7-14(15)18(26)22-17/h3-4,7-8,11,13H,5-6,9-10,12H2,1-2H3,(H,21,22,26). The highest BCUT2D eigenvalue weighted by atomic mass is 32.2. The number of sulfonamides is 1. The van der Waals surface area contributed by atoms with E-state index in [0.717, 1.165) is 26.1 Å². The lowest BCUT2D eigenvalue weighted by atomic mass is 10.2. The summed E-state index contributed by atoms with van der Waals surface area (Å²) in [6, 6.07) is 6.73. The van der Waals surface area contributed by atoms with Crippen LogP contribution in [-0.2, 0) is 35.4 Å². The first-order valence-electron chi connectivity index (χ1n) is 10.0. The summed E-state index contributed by atoms with van der Waals surface area (Å²) in [6.07, 6.45) is 2.12. The van der Waals surface area contributed by atoms with Gasteiger partial charge in [0.1, 0.15) is 5.82 Å². The van der Waals surface area contributed by atoms with Gasteiger partial charge in [0.25, 0.3) is 21.1 Å². The summed E-state index contributed by atoms with van der Waals surface area (Å²) >= 11 is 0. The molecule has 3 heterocycles. The first kappa shape index (κ1) is 22.1. The van der Waals surface area contributed by atoms with Crippen molar-refractivity contribution in [2.45, 2.75) is 30.4 Å². The second-order valence-electron chi connectivity index (χ2n) is 7.71. The van der Waals surface area contributed by atoms with Gasteiger partial charge in [0.15, 0.2) is 4.90 Å². The number of nitrogens with zero attached hydrogens (tertiary/aromatic N) is 4. The van der Waals surface area contributed by atoms with E-state index in [2.05, 4.69) is 9.97 Å². The van der Waals surface area contributed by atoms with Crippen LogP contribution in [0.2, 0.25) is 0 Å². The molecule has 1 N–H and O–H groups in total.